The summed E-state index contributed by atoms with van der Waals surface area (Å²) in [5.74, 6) is 0.420. The van der Waals surface area contributed by atoms with Crippen molar-refractivity contribution in [3.05, 3.63) is 76.8 Å². The van der Waals surface area contributed by atoms with Gasteiger partial charge in [-0.25, -0.2) is 4.98 Å². The Balaban J connectivity index is 1.64. The van der Waals surface area contributed by atoms with Gasteiger partial charge in [-0.2, -0.15) is 0 Å². The Morgan fingerprint density at radius 2 is 1.89 bits per heavy atom. The lowest BCUT2D eigenvalue weighted by Gasteiger charge is -2.18. The molecule has 0 radical (unpaired) electrons. The number of nitrogens with zero attached hydrogens (tertiary/aromatic N) is 2. The van der Waals surface area contributed by atoms with Crippen molar-refractivity contribution in [2.75, 3.05) is 11.5 Å². The molecule has 27 heavy (non-hydrogen) atoms. The van der Waals surface area contributed by atoms with Gasteiger partial charge in [0.1, 0.15) is 12.4 Å². The molecule has 0 atom stereocenters. The van der Waals surface area contributed by atoms with Crippen molar-refractivity contribution in [2.24, 2.45) is 0 Å². The first-order valence-corrected chi connectivity index (χ1v) is 9.30. The maximum Gasteiger partial charge on any atom is 0.230 e. The van der Waals surface area contributed by atoms with Crippen LogP contribution in [0.5, 0.6) is 5.75 Å². The Morgan fingerprint density at radius 3 is 2.67 bits per heavy atom. The third-order valence-electron chi connectivity index (χ3n) is 4.16. The van der Waals surface area contributed by atoms with Gasteiger partial charge in [0.05, 0.1) is 16.9 Å². The lowest BCUT2D eigenvalue weighted by Crippen LogP contribution is -2.22. The third-order valence-corrected chi connectivity index (χ3v) is 5.00. The highest BCUT2D eigenvalue weighted by molar-refractivity contribution is 7.14. The number of ether oxygens (including phenoxy) is 1. The average molecular weight is 376 g/mol. The van der Waals surface area contributed by atoms with Crippen LogP contribution in [0.1, 0.15) is 23.0 Å². The van der Waals surface area contributed by atoms with Crippen molar-refractivity contribution in [3.8, 4) is 5.75 Å². The lowest BCUT2D eigenvalue weighted by atomic mass is 10.00. The molecule has 6 heteroatoms. The molecule has 1 aliphatic heterocycles. The van der Waals surface area contributed by atoms with Crippen molar-refractivity contribution in [3.63, 3.8) is 0 Å². The maximum absolute atomic E-state index is 12.7. The molecule has 0 N–H and O–H groups in total. The Kier molecular flexibility index (Phi) is 4.56. The molecule has 0 saturated carbocycles. The largest absolute Gasteiger partial charge is 0.488 e. The predicted molar refractivity (Wildman–Crippen MR) is 106 cm³/mol. The Labute approximate surface area is 160 Å². The van der Waals surface area contributed by atoms with Crippen molar-refractivity contribution in [1.82, 2.24) is 4.98 Å². The summed E-state index contributed by atoms with van der Waals surface area (Å²) in [4.78, 5) is 30.9. The molecule has 0 unspecified atom stereocenters. The molecule has 1 aliphatic rings. The zero-order valence-corrected chi connectivity index (χ0v) is 15.4. The minimum atomic E-state index is -0.124. The van der Waals surface area contributed by atoms with Crippen LogP contribution in [0.2, 0.25) is 0 Å². The fourth-order valence-electron chi connectivity index (χ4n) is 2.91. The van der Waals surface area contributed by atoms with E-state index in [0.717, 1.165) is 5.69 Å². The number of fused-ring (bicyclic) bond motifs is 1. The fraction of sp³-hybridized carbons (Fsp3) is 0.0952. The van der Waals surface area contributed by atoms with Crippen molar-refractivity contribution in [2.45, 2.75) is 6.92 Å². The number of hydrogen-bond donors (Lipinski definition) is 0. The van der Waals surface area contributed by atoms with Gasteiger partial charge in [-0.15, -0.1) is 11.3 Å². The monoisotopic (exact) mass is 376 g/mol. The number of anilines is 2. The van der Waals surface area contributed by atoms with Gasteiger partial charge in [0.25, 0.3) is 0 Å². The Hall–Kier alpha value is -3.25. The molecule has 1 amide bonds. The second kappa shape index (κ2) is 7.17. The number of carbonyl (C=O) groups is 2. The third kappa shape index (κ3) is 3.39. The van der Waals surface area contributed by atoms with Crippen LogP contribution in [0.25, 0.3) is 6.08 Å². The molecule has 4 rings (SSSR count). The molecular weight excluding hydrogens is 360 g/mol. The zero-order chi connectivity index (χ0) is 18.8. The van der Waals surface area contributed by atoms with Crippen LogP contribution < -0.4 is 9.64 Å². The van der Waals surface area contributed by atoms with Gasteiger partial charge in [-0.3, -0.25) is 14.5 Å². The predicted octanol–water partition coefficient (Wildman–Crippen LogP) is 4.49. The van der Waals surface area contributed by atoms with Gasteiger partial charge in [-0.1, -0.05) is 30.3 Å². The topological polar surface area (TPSA) is 59.5 Å². The first-order valence-electron chi connectivity index (χ1n) is 8.42. The summed E-state index contributed by atoms with van der Waals surface area (Å²) in [5.41, 5.74) is 2.48. The number of thiazole rings is 1. The van der Waals surface area contributed by atoms with Gasteiger partial charge < -0.3 is 4.74 Å². The maximum atomic E-state index is 12.7. The van der Waals surface area contributed by atoms with E-state index in [4.69, 9.17) is 4.74 Å². The highest BCUT2D eigenvalue weighted by Gasteiger charge is 2.23. The summed E-state index contributed by atoms with van der Waals surface area (Å²) in [6.07, 6.45) is 1.72. The number of hydrogen-bond acceptors (Lipinski definition) is 5. The SMILES string of the molecule is CC(=O)N(c1ccccc1)c1nc(/C=C2/COc3ccccc3C2=O)cs1. The summed E-state index contributed by atoms with van der Waals surface area (Å²) in [6.45, 7) is 1.71. The van der Waals surface area contributed by atoms with E-state index in [9.17, 15) is 9.59 Å². The van der Waals surface area contributed by atoms with E-state index in [1.165, 1.54) is 18.3 Å². The molecule has 0 saturated heterocycles. The molecule has 2 aromatic carbocycles. The van der Waals surface area contributed by atoms with Crippen LogP contribution in [0.4, 0.5) is 10.8 Å². The first kappa shape index (κ1) is 17.2. The number of para-hydroxylation sites is 2. The summed E-state index contributed by atoms with van der Waals surface area (Å²) >= 11 is 1.35. The number of ketones is 1. The minimum absolute atomic E-state index is 0.0575. The van der Waals surface area contributed by atoms with E-state index >= 15 is 0 Å². The fourth-order valence-corrected chi connectivity index (χ4v) is 3.75. The summed E-state index contributed by atoms with van der Waals surface area (Å²) < 4.78 is 5.66. The number of amides is 1. The summed E-state index contributed by atoms with van der Waals surface area (Å²) in [5, 5.41) is 2.39. The van der Waals surface area contributed by atoms with Gasteiger partial charge >= 0.3 is 0 Å². The number of benzene rings is 2. The highest BCUT2D eigenvalue weighted by atomic mass is 32.1. The van der Waals surface area contributed by atoms with Crippen LogP contribution in [0.3, 0.4) is 0 Å². The van der Waals surface area contributed by atoms with Crippen LogP contribution in [0.15, 0.2) is 65.6 Å². The van der Waals surface area contributed by atoms with Gasteiger partial charge in [-0.05, 0) is 30.3 Å². The van der Waals surface area contributed by atoms with Crippen molar-refractivity contribution < 1.29 is 14.3 Å². The molecular formula is C21H16N2O3S. The van der Waals surface area contributed by atoms with Crippen molar-refractivity contribution in [1.29, 1.82) is 0 Å². The molecule has 0 bridgehead atoms. The second-order valence-corrected chi connectivity index (χ2v) is 6.87. The van der Waals surface area contributed by atoms with Crippen molar-refractivity contribution >= 4 is 39.9 Å². The molecule has 0 spiro atoms. The standard InChI is InChI=1S/C21H16N2O3S/c1-14(24)23(17-7-3-2-4-8-17)21-22-16(13-27-21)11-15-12-26-19-10-6-5-9-18(19)20(15)25/h2-11,13H,12H2,1H3/b15-11-. The zero-order valence-electron chi connectivity index (χ0n) is 14.6. The van der Waals surface area contributed by atoms with E-state index in [1.807, 2.05) is 47.8 Å². The van der Waals surface area contributed by atoms with E-state index in [1.54, 1.807) is 23.1 Å². The normalized spacial score (nSPS) is 14.6. The van der Waals surface area contributed by atoms with Gasteiger partial charge in [0, 0.05) is 17.9 Å². The van der Waals surface area contributed by atoms with Crippen LogP contribution in [-0.4, -0.2) is 23.3 Å². The molecule has 134 valence electrons. The molecule has 3 aromatic rings. The second-order valence-electron chi connectivity index (χ2n) is 6.03. The minimum Gasteiger partial charge on any atom is -0.488 e. The lowest BCUT2D eigenvalue weighted by molar-refractivity contribution is -0.115. The summed E-state index contributed by atoms with van der Waals surface area (Å²) in [7, 11) is 0. The van der Waals surface area contributed by atoms with Gasteiger partial charge in [0.2, 0.25) is 5.91 Å². The molecule has 5 nitrogen and oxygen atoms in total. The number of carbonyl (C=O) groups excluding carboxylic acids is 2. The van der Waals surface area contributed by atoms with E-state index in [-0.39, 0.29) is 18.3 Å². The highest BCUT2D eigenvalue weighted by Crippen LogP contribution is 2.31. The number of aromatic nitrogens is 1. The Morgan fingerprint density at radius 1 is 1.15 bits per heavy atom. The summed E-state index contributed by atoms with van der Waals surface area (Å²) in [6, 6.07) is 16.6. The molecule has 2 heterocycles. The molecule has 1 aromatic heterocycles. The Bertz CT molecular complexity index is 1040. The van der Waals surface area contributed by atoms with Crippen LogP contribution in [-0.2, 0) is 4.79 Å². The van der Waals surface area contributed by atoms with E-state index < -0.39 is 0 Å². The van der Waals surface area contributed by atoms with Gasteiger partial charge in [0.15, 0.2) is 10.9 Å². The van der Waals surface area contributed by atoms with E-state index in [0.29, 0.717) is 27.7 Å². The molecule has 0 fully saturated rings. The number of Topliss-reactive ketones (excluding diaryl/α,β-unsaturated/α-hetero) is 1. The molecule has 0 aliphatic carbocycles. The quantitative estimate of drug-likeness (QED) is 0.632. The van der Waals surface area contributed by atoms with Crippen LogP contribution >= 0.6 is 11.3 Å². The number of rotatable bonds is 3. The average Bonchev–Trinajstić information content (AvgIpc) is 3.13. The first-order chi connectivity index (χ1) is 13.1. The smallest absolute Gasteiger partial charge is 0.230 e. The van der Waals surface area contributed by atoms with Crippen LogP contribution in [0, 0.1) is 0 Å². The van der Waals surface area contributed by atoms with E-state index in [2.05, 4.69) is 4.98 Å².